The topological polar surface area (TPSA) is 59.9 Å². The van der Waals surface area contributed by atoms with Crippen LogP contribution in [0.4, 0.5) is 0 Å². The lowest BCUT2D eigenvalue weighted by molar-refractivity contribution is 0.141. The molecule has 1 heterocycles. The molecule has 0 aliphatic carbocycles. The fraction of sp³-hybridized carbons (Fsp3) is 0.950. The van der Waals surface area contributed by atoms with Gasteiger partial charge in [0.25, 0.3) is 0 Å². The van der Waals surface area contributed by atoms with E-state index in [0.29, 0.717) is 12.0 Å². The van der Waals surface area contributed by atoms with Crippen LogP contribution >= 0.6 is 24.0 Å². The SMILES string of the molecule is CCNC(=NCC(CC)(CC)CCO)NCC1CCCN(C(C)C)C1.I. The first-order valence-corrected chi connectivity index (χ1v) is 10.4. The molecule has 0 amide bonds. The van der Waals surface area contributed by atoms with Crippen LogP contribution in [-0.4, -0.2) is 61.3 Å². The van der Waals surface area contributed by atoms with E-state index >= 15 is 0 Å². The second-order valence-electron chi connectivity index (χ2n) is 7.85. The molecule has 1 aliphatic heterocycles. The van der Waals surface area contributed by atoms with E-state index in [-0.39, 0.29) is 36.0 Å². The molecule has 0 radical (unpaired) electrons. The van der Waals surface area contributed by atoms with Crippen molar-refractivity contribution < 1.29 is 5.11 Å². The highest BCUT2D eigenvalue weighted by molar-refractivity contribution is 14.0. The van der Waals surface area contributed by atoms with Crippen LogP contribution < -0.4 is 10.6 Å². The minimum Gasteiger partial charge on any atom is -0.396 e. The summed E-state index contributed by atoms with van der Waals surface area (Å²) in [5.74, 6) is 1.62. The van der Waals surface area contributed by atoms with Gasteiger partial charge in [-0.1, -0.05) is 13.8 Å². The first kappa shape index (κ1) is 25.9. The van der Waals surface area contributed by atoms with Crippen molar-refractivity contribution in [3.05, 3.63) is 0 Å². The molecular formula is C20H43IN4O. The van der Waals surface area contributed by atoms with Gasteiger partial charge in [-0.25, -0.2) is 0 Å². The summed E-state index contributed by atoms with van der Waals surface area (Å²) in [5.41, 5.74) is 0.121. The molecule has 1 aliphatic rings. The molecule has 0 bridgehead atoms. The third-order valence-corrected chi connectivity index (χ3v) is 5.90. The molecule has 1 fully saturated rings. The molecule has 0 spiro atoms. The summed E-state index contributed by atoms with van der Waals surface area (Å²) in [4.78, 5) is 7.44. The molecule has 0 aromatic rings. The summed E-state index contributed by atoms with van der Waals surface area (Å²) < 4.78 is 0. The van der Waals surface area contributed by atoms with Gasteiger partial charge in [0.05, 0.1) is 0 Å². The highest BCUT2D eigenvalue weighted by Crippen LogP contribution is 2.30. The summed E-state index contributed by atoms with van der Waals surface area (Å²) in [6, 6.07) is 0.637. The Morgan fingerprint density at radius 1 is 1.23 bits per heavy atom. The van der Waals surface area contributed by atoms with E-state index in [9.17, 15) is 5.11 Å². The zero-order valence-corrected chi connectivity index (χ0v) is 20.0. The van der Waals surface area contributed by atoms with Gasteiger partial charge in [-0.15, -0.1) is 24.0 Å². The predicted octanol–water partition coefficient (Wildman–Crippen LogP) is 3.47. The van der Waals surface area contributed by atoms with Crippen molar-refractivity contribution in [1.82, 2.24) is 15.5 Å². The third kappa shape index (κ3) is 8.74. The number of aliphatic hydroxyl groups is 1. The lowest BCUT2D eigenvalue weighted by Gasteiger charge is -2.35. The number of likely N-dealkylation sites (tertiary alicyclic amines) is 1. The summed E-state index contributed by atoms with van der Waals surface area (Å²) in [7, 11) is 0. The van der Waals surface area contributed by atoms with Crippen molar-refractivity contribution in [3.8, 4) is 0 Å². The van der Waals surface area contributed by atoms with Crippen molar-refractivity contribution >= 4 is 29.9 Å². The lowest BCUT2D eigenvalue weighted by atomic mass is 9.79. The zero-order valence-electron chi connectivity index (χ0n) is 17.7. The van der Waals surface area contributed by atoms with Crippen molar-refractivity contribution in [2.24, 2.45) is 16.3 Å². The second kappa shape index (κ2) is 14.0. The Kier molecular flexibility index (Phi) is 14.0. The maximum Gasteiger partial charge on any atom is 0.191 e. The van der Waals surface area contributed by atoms with Crippen molar-refractivity contribution in [1.29, 1.82) is 0 Å². The number of guanidine groups is 1. The standard InChI is InChI=1S/C20H42N4O.HI/c1-6-20(7-2,11-13-25)16-23-19(21-8-3)22-14-18-10-9-12-24(15-18)17(4)5;/h17-18,25H,6-16H2,1-5H3,(H2,21,22,23);1H. The zero-order chi connectivity index (χ0) is 18.7. The number of nitrogens with one attached hydrogen (secondary N) is 2. The van der Waals surface area contributed by atoms with Crippen LogP contribution in [0.5, 0.6) is 0 Å². The van der Waals surface area contributed by atoms with Gasteiger partial charge in [0.2, 0.25) is 0 Å². The Labute approximate surface area is 178 Å². The molecule has 6 heteroatoms. The Morgan fingerprint density at radius 2 is 1.92 bits per heavy atom. The number of aliphatic hydroxyl groups excluding tert-OH is 1. The molecule has 1 atom stereocenters. The predicted molar refractivity (Wildman–Crippen MR) is 124 cm³/mol. The van der Waals surface area contributed by atoms with E-state index in [1.165, 1.54) is 25.9 Å². The first-order chi connectivity index (χ1) is 12.0. The second-order valence-corrected chi connectivity index (χ2v) is 7.85. The highest BCUT2D eigenvalue weighted by atomic mass is 127. The molecular weight excluding hydrogens is 439 g/mol. The van der Waals surface area contributed by atoms with Crippen LogP contribution in [0.25, 0.3) is 0 Å². The highest BCUT2D eigenvalue weighted by Gasteiger charge is 2.26. The molecule has 1 rings (SSSR count). The van der Waals surface area contributed by atoms with Crippen LogP contribution in [-0.2, 0) is 0 Å². The third-order valence-electron chi connectivity index (χ3n) is 5.90. The van der Waals surface area contributed by atoms with Gasteiger partial charge in [-0.3, -0.25) is 4.99 Å². The Balaban J connectivity index is 0.00000625. The smallest absolute Gasteiger partial charge is 0.191 e. The first-order valence-electron chi connectivity index (χ1n) is 10.4. The fourth-order valence-corrected chi connectivity index (χ4v) is 3.71. The molecule has 5 nitrogen and oxygen atoms in total. The van der Waals surface area contributed by atoms with Crippen LogP contribution in [0.2, 0.25) is 0 Å². The Hall–Kier alpha value is -0.0800. The minimum absolute atomic E-state index is 0. The fourth-order valence-electron chi connectivity index (χ4n) is 3.71. The van der Waals surface area contributed by atoms with Crippen LogP contribution in [0.1, 0.15) is 66.7 Å². The molecule has 1 unspecified atom stereocenters. The van der Waals surface area contributed by atoms with E-state index in [2.05, 4.69) is 50.2 Å². The normalized spacial score (nSPS) is 19.3. The quantitative estimate of drug-likeness (QED) is 0.254. The molecule has 26 heavy (non-hydrogen) atoms. The minimum atomic E-state index is 0. The Bertz CT molecular complexity index is 386. The van der Waals surface area contributed by atoms with Crippen LogP contribution in [0.3, 0.4) is 0 Å². The number of piperidine rings is 1. The number of halogens is 1. The lowest BCUT2D eigenvalue weighted by Crippen LogP contribution is -2.46. The number of nitrogens with zero attached hydrogens (tertiary/aromatic N) is 2. The van der Waals surface area contributed by atoms with Gasteiger partial charge in [0.1, 0.15) is 0 Å². The molecule has 0 aromatic carbocycles. The molecule has 3 N–H and O–H groups in total. The summed E-state index contributed by atoms with van der Waals surface area (Å²) in [6.45, 7) is 16.4. The van der Waals surface area contributed by atoms with Crippen molar-refractivity contribution in [2.75, 3.05) is 39.3 Å². The van der Waals surface area contributed by atoms with Gasteiger partial charge >= 0.3 is 0 Å². The molecule has 156 valence electrons. The summed E-state index contributed by atoms with van der Waals surface area (Å²) >= 11 is 0. The van der Waals surface area contributed by atoms with Gasteiger partial charge in [0.15, 0.2) is 5.96 Å². The Morgan fingerprint density at radius 3 is 2.46 bits per heavy atom. The van der Waals surface area contributed by atoms with Crippen molar-refractivity contribution in [2.45, 2.75) is 72.8 Å². The van der Waals surface area contributed by atoms with E-state index < -0.39 is 0 Å². The molecule has 1 saturated heterocycles. The maximum atomic E-state index is 9.39. The summed E-state index contributed by atoms with van der Waals surface area (Å²) in [5, 5.41) is 16.3. The van der Waals surface area contributed by atoms with E-state index in [1.807, 2.05) is 0 Å². The van der Waals surface area contributed by atoms with Gasteiger partial charge in [0, 0.05) is 38.8 Å². The average Bonchev–Trinajstić information content (AvgIpc) is 2.63. The van der Waals surface area contributed by atoms with E-state index in [1.54, 1.807) is 0 Å². The number of hydrogen-bond donors (Lipinski definition) is 3. The van der Waals surface area contributed by atoms with Crippen molar-refractivity contribution in [3.63, 3.8) is 0 Å². The van der Waals surface area contributed by atoms with Gasteiger partial charge in [-0.05, 0) is 70.8 Å². The van der Waals surface area contributed by atoms with E-state index in [0.717, 1.165) is 44.9 Å². The number of rotatable bonds is 10. The number of aliphatic imine (C=N–C) groups is 1. The van der Waals surface area contributed by atoms with Crippen LogP contribution in [0.15, 0.2) is 4.99 Å². The molecule has 0 saturated carbocycles. The van der Waals surface area contributed by atoms with E-state index in [4.69, 9.17) is 4.99 Å². The average molecular weight is 482 g/mol. The summed E-state index contributed by atoms with van der Waals surface area (Å²) in [6.07, 6.45) is 5.53. The maximum absolute atomic E-state index is 9.39. The monoisotopic (exact) mass is 482 g/mol. The van der Waals surface area contributed by atoms with Gasteiger partial charge < -0.3 is 20.6 Å². The molecule has 0 aromatic heterocycles. The van der Waals surface area contributed by atoms with Crippen LogP contribution in [0, 0.1) is 11.3 Å². The number of hydrogen-bond acceptors (Lipinski definition) is 3. The largest absolute Gasteiger partial charge is 0.396 e. The van der Waals surface area contributed by atoms with Gasteiger partial charge in [-0.2, -0.15) is 0 Å².